The molecule has 0 unspecified atom stereocenters. The fourth-order valence-corrected chi connectivity index (χ4v) is 3.67. The minimum atomic E-state index is -0.245. The van der Waals surface area contributed by atoms with Crippen LogP contribution in [0.1, 0.15) is 39.4 Å². The maximum Gasteiger partial charge on any atom is 0.350 e. The van der Waals surface area contributed by atoms with E-state index in [-0.39, 0.29) is 5.69 Å². The van der Waals surface area contributed by atoms with E-state index in [9.17, 15) is 4.79 Å². The molecule has 0 spiro atoms. The third-order valence-electron chi connectivity index (χ3n) is 5.33. The van der Waals surface area contributed by atoms with Crippen LogP contribution in [0.3, 0.4) is 0 Å². The predicted octanol–water partition coefficient (Wildman–Crippen LogP) is 1.20. The highest BCUT2D eigenvalue weighted by atomic mass is 16.1. The molecule has 0 aliphatic carbocycles. The van der Waals surface area contributed by atoms with E-state index >= 15 is 0 Å². The summed E-state index contributed by atoms with van der Waals surface area (Å²) in [4.78, 5) is 24.1. The molecule has 0 radical (unpaired) electrons. The number of imidazole rings is 1. The summed E-state index contributed by atoms with van der Waals surface area (Å²) in [5, 5.41) is 3.59. The molecule has 1 aliphatic heterocycles. The van der Waals surface area contributed by atoms with E-state index in [2.05, 4.69) is 40.9 Å². The predicted molar refractivity (Wildman–Crippen MR) is 104 cm³/mol. The molecular formula is C19H28N6O. The van der Waals surface area contributed by atoms with Crippen molar-refractivity contribution in [2.45, 2.75) is 52.1 Å². The van der Waals surface area contributed by atoms with Gasteiger partial charge in [-0.05, 0) is 19.8 Å². The molecule has 2 atom stereocenters. The molecule has 3 heterocycles. The lowest BCUT2D eigenvalue weighted by atomic mass is 10.1. The molecule has 0 bridgehead atoms. The number of nitrogens with one attached hydrogen (secondary N) is 1. The Balaban J connectivity index is 2.19. The highest BCUT2D eigenvalue weighted by molar-refractivity contribution is 5.84. The van der Waals surface area contributed by atoms with Gasteiger partial charge in [0.1, 0.15) is 17.0 Å². The largest absolute Gasteiger partial charge is 0.350 e. The summed E-state index contributed by atoms with van der Waals surface area (Å²) in [6.45, 7) is 7.91. The van der Waals surface area contributed by atoms with Crippen molar-refractivity contribution in [1.82, 2.24) is 24.4 Å². The molecule has 2 aromatic rings. The number of rotatable bonds is 4. The van der Waals surface area contributed by atoms with E-state index in [1.54, 1.807) is 11.6 Å². The van der Waals surface area contributed by atoms with Gasteiger partial charge in [0, 0.05) is 39.3 Å². The Morgan fingerprint density at radius 1 is 1.19 bits per heavy atom. The lowest BCUT2D eigenvalue weighted by Gasteiger charge is -2.40. The van der Waals surface area contributed by atoms with E-state index in [0.29, 0.717) is 24.3 Å². The average Bonchev–Trinajstić information content (AvgIpc) is 2.99. The van der Waals surface area contributed by atoms with Gasteiger partial charge in [0.2, 0.25) is 0 Å². The first kappa shape index (κ1) is 18.5. The third-order valence-corrected chi connectivity index (χ3v) is 5.33. The van der Waals surface area contributed by atoms with E-state index < -0.39 is 0 Å². The zero-order chi connectivity index (χ0) is 18.8. The van der Waals surface area contributed by atoms with Crippen LogP contribution in [0.2, 0.25) is 0 Å². The topological polar surface area (TPSA) is 68.0 Å². The second-order valence-electron chi connectivity index (χ2n) is 6.87. The Labute approximate surface area is 154 Å². The van der Waals surface area contributed by atoms with Crippen LogP contribution in [0.25, 0.3) is 11.2 Å². The molecule has 1 fully saturated rings. The molecule has 0 amide bonds. The Kier molecular flexibility index (Phi) is 5.33. The number of nitrogens with zero attached hydrogens (tertiary/aromatic N) is 5. The molecule has 7 nitrogen and oxygen atoms in total. The smallest absolute Gasteiger partial charge is 0.349 e. The van der Waals surface area contributed by atoms with Gasteiger partial charge in [0.05, 0.1) is 6.42 Å². The van der Waals surface area contributed by atoms with Crippen molar-refractivity contribution in [2.75, 3.05) is 18.0 Å². The fraction of sp³-hybridized carbons (Fsp3) is 0.632. The molecule has 26 heavy (non-hydrogen) atoms. The molecule has 1 N–H and O–H groups in total. The number of anilines is 1. The van der Waals surface area contributed by atoms with Crippen LogP contribution < -0.4 is 15.9 Å². The monoisotopic (exact) mass is 356 g/mol. The molecule has 1 aliphatic rings. The van der Waals surface area contributed by atoms with E-state index in [1.807, 2.05) is 18.5 Å². The first-order valence-electron chi connectivity index (χ1n) is 9.33. The number of piperazine rings is 1. The first-order chi connectivity index (χ1) is 12.5. The lowest BCUT2D eigenvalue weighted by Crippen LogP contribution is -2.57. The maximum atomic E-state index is 12.6. The minimum absolute atomic E-state index is 0.245. The van der Waals surface area contributed by atoms with Crippen molar-refractivity contribution in [3.8, 4) is 11.8 Å². The van der Waals surface area contributed by atoms with Gasteiger partial charge in [-0.2, -0.15) is 4.98 Å². The van der Waals surface area contributed by atoms with Gasteiger partial charge >= 0.3 is 5.69 Å². The molecule has 3 rings (SSSR count). The van der Waals surface area contributed by atoms with Crippen molar-refractivity contribution in [2.24, 2.45) is 14.1 Å². The summed E-state index contributed by atoms with van der Waals surface area (Å²) in [6.07, 6.45) is 2.59. The zero-order valence-corrected chi connectivity index (χ0v) is 16.3. The van der Waals surface area contributed by atoms with Crippen molar-refractivity contribution >= 4 is 17.0 Å². The van der Waals surface area contributed by atoms with E-state index in [1.165, 1.54) is 0 Å². The van der Waals surface area contributed by atoms with Gasteiger partial charge in [0.25, 0.3) is 0 Å². The Hall–Kier alpha value is -2.33. The minimum Gasteiger partial charge on any atom is -0.349 e. The Morgan fingerprint density at radius 2 is 1.96 bits per heavy atom. The summed E-state index contributed by atoms with van der Waals surface area (Å²) in [5.41, 5.74) is 1.34. The molecular weight excluding hydrogens is 328 g/mol. The van der Waals surface area contributed by atoms with Gasteiger partial charge in [-0.1, -0.05) is 19.8 Å². The quantitative estimate of drug-likeness (QED) is 0.834. The van der Waals surface area contributed by atoms with Gasteiger partial charge in [-0.3, -0.25) is 4.57 Å². The van der Waals surface area contributed by atoms with E-state index in [0.717, 1.165) is 42.9 Å². The SMILES string of the molecule is CC#CCc1nc2c(N3C[C@@H](CC)NC[C@@H]3CC)nc(=O)n(C)c2n1C. The van der Waals surface area contributed by atoms with Gasteiger partial charge in [0.15, 0.2) is 5.82 Å². The summed E-state index contributed by atoms with van der Waals surface area (Å²) < 4.78 is 3.54. The molecule has 7 heteroatoms. The Bertz CT molecular complexity index is 916. The van der Waals surface area contributed by atoms with Gasteiger partial charge < -0.3 is 14.8 Å². The maximum absolute atomic E-state index is 12.6. The molecule has 1 saturated heterocycles. The standard InChI is InChI=1S/C19H28N6O/c1-6-9-10-15-21-16-17(22-19(26)24(5)18(16)23(15)4)25-12-13(7-2)20-11-14(25)8-3/h13-14,20H,7-8,10-12H2,1-5H3/t13-,14+/m1/s1. The van der Waals surface area contributed by atoms with Crippen LogP contribution in [0.5, 0.6) is 0 Å². The van der Waals surface area contributed by atoms with Crippen molar-refractivity contribution in [3.05, 3.63) is 16.3 Å². The average molecular weight is 356 g/mol. The number of aryl methyl sites for hydroxylation is 2. The van der Waals surface area contributed by atoms with Crippen molar-refractivity contribution < 1.29 is 0 Å². The molecule has 0 aromatic carbocycles. The van der Waals surface area contributed by atoms with Crippen LogP contribution in [0, 0.1) is 11.8 Å². The van der Waals surface area contributed by atoms with E-state index in [4.69, 9.17) is 4.98 Å². The second kappa shape index (κ2) is 7.50. The summed E-state index contributed by atoms with van der Waals surface area (Å²) in [6, 6.07) is 0.703. The third kappa shape index (κ3) is 3.10. The molecule has 140 valence electrons. The number of fused-ring (bicyclic) bond motifs is 1. The summed E-state index contributed by atoms with van der Waals surface area (Å²) in [7, 11) is 3.69. The molecule has 2 aromatic heterocycles. The highest BCUT2D eigenvalue weighted by Gasteiger charge is 2.30. The van der Waals surface area contributed by atoms with Gasteiger partial charge in [-0.15, -0.1) is 5.92 Å². The lowest BCUT2D eigenvalue weighted by molar-refractivity contribution is 0.377. The van der Waals surface area contributed by atoms with Gasteiger partial charge in [-0.25, -0.2) is 9.78 Å². The number of aromatic nitrogens is 4. The van der Waals surface area contributed by atoms with Crippen LogP contribution in [0.4, 0.5) is 5.82 Å². The highest BCUT2D eigenvalue weighted by Crippen LogP contribution is 2.27. The number of hydrogen-bond acceptors (Lipinski definition) is 5. The Morgan fingerprint density at radius 3 is 2.62 bits per heavy atom. The van der Waals surface area contributed by atoms with Crippen LogP contribution in [-0.4, -0.2) is 44.3 Å². The van der Waals surface area contributed by atoms with Crippen LogP contribution in [0.15, 0.2) is 4.79 Å². The van der Waals surface area contributed by atoms with Crippen molar-refractivity contribution in [3.63, 3.8) is 0 Å². The van der Waals surface area contributed by atoms with Crippen LogP contribution in [-0.2, 0) is 20.5 Å². The number of hydrogen-bond donors (Lipinski definition) is 1. The summed E-state index contributed by atoms with van der Waals surface area (Å²) in [5.74, 6) is 7.55. The van der Waals surface area contributed by atoms with Crippen molar-refractivity contribution in [1.29, 1.82) is 0 Å². The first-order valence-corrected chi connectivity index (χ1v) is 9.33. The molecule has 0 saturated carbocycles. The summed E-state index contributed by atoms with van der Waals surface area (Å²) >= 11 is 0. The second-order valence-corrected chi connectivity index (χ2v) is 6.87. The fourth-order valence-electron chi connectivity index (χ4n) is 3.67. The normalized spacial score (nSPS) is 20.3. The van der Waals surface area contributed by atoms with Crippen LogP contribution >= 0.6 is 0 Å². The zero-order valence-electron chi connectivity index (χ0n) is 16.3.